The molecule has 3 atom stereocenters. The molecule has 1 aliphatic heterocycles. The molecule has 1 aliphatic rings. The lowest BCUT2D eigenvalue weighted by molar-refractivity contribution is -0.249. The van der Waals surface area contributed by atoms with Gasteiger partial charge in [0.15, 0.2) is 5.82 Å². The first-order chi connectivity index (χ1) is 17.3. The SMILES string of the molecule is COc1ncc(-c2cc(Cl)c3c(N)ncnn23)cc1C(=O)N[C@@H]1CN(C(=O)C(C)(O)C(F)(F)F)C[C@@H]1F. The largest absolute Gasteiger partial charge is 0.480 e. The van der Waals surface area contributed by atoms with Crippen molar-refractivity contribution >= 4 is 34.7 Å². The van der Waals surface area contributed by atoms with Crippen molar-refractivity contribution in [1.29, 1.82) is 0 Å². The maximum absolute atomic E-state index is 14.6. The minimum absolute atomic E-state index is 0.115. The van der Waals surface area contributed by atoms with Gasteiger partial charge in [-0.25, -0.2) is 18.9 Å². The van der Waals surface area contributed by atoms with Gasteiger partial charge in [0.05, 0.1) is 30.4 Å². The van der Waals surface area contributed by atoms with E-state index in [9.17, 15) is 32.3 Å². The molecule has 0 saturated carbocycles. The fourth-order valence-corrected chi connectivity index (χ4v) is 4.17. The number of likely N-dealkylation sites (tertiary alicyclic amines) is 1. The fourth-order valence-electron chi connectivity index (χ4n) is 3.89. The number of halogens is 5. The molecule has 37 heavy (non-hydrogen) atoms. The number of alkyl halides is 4. The number of nitrogen functional groups attached to an aromatic ring is 1. The number of pyridine rings is 1. The van der Waals surface area contributed by atoms with Crippen LogP contribution in [0.2, 0.25) is 5.02 Å². The number of rotatable bonds is 5. The Morgan fingerprint density at radius 2 is 1.97 bits per heavy atom. The van der Waals surface area contributed by atoms with Crippen molar-refractivity contribution in [3.63, 3.8) is 0 Å². The highest BCUT2D eigenvalue weighted by atomic mass is 35.5. The van der Waals surface area contributed by atoms with Gasteiger partial charge in [0.25, 0.3) is 11.8 Å². The zero-order chi connectivity index (χ0) is 27.3. The number of amides is 2. The van der Waals surface area contributed by atoms with E-state index in [-0.39, 0.29) is 29.2 Å². The summed E-state index contributed by atoms with van der Waals surface area (Å²) in [7, 11) is 1.25. The quantitative estimate of drug-likeness (QED) is 0.410. The first kappa shape index (κ1) is 26.3. The average molecular weight is 546 g/mol. The van der Waals surface area contributed by atoms with Crippen molar-refractivity contribution in [2.24, 2.45) is 0 Å². The maximum atomic E-state index is 14.6. The summed E-state index contributed by atoms with van der Waals surface area (Å²) < 4.78 is 60.3. The first-order valence-corrected chi connectivity index (χ1v) is 11.0. The number of nitrogens with one attached hydrogen (secondary N) is 1. The zero-order valence-electron chi connectivity index (χ0n) is 19.3. The van der Waals surface area contributed by atoms with E-state index in [0.717, 1.165) is 0 Å². The van der Waals surface area contributed by atoms with Crippen LogP contribution in [-0.2, 0) is 4.79 Å². The van der Waals surface area contributed by atoms with Gasteiger partial charge in [0.2, 0.25) is 11.5 Å². The molecular weight excluding hydrogens is 526 g/mol. The molecule has 1 unspecified atom stereocenters. The molecule has 11 nitrogen and oxygen atoms in total. The first-order valence-electron chi connectivity index (χ1n) is 10.6. The van der Waals surface area contributed by atoms with Crippen LogP contribution in [0.5, 0.6) is 5.88 Å². The van der Waals surface area contributed by atoms with Crippen molar-refractivity contribution in [3.05, 3.63) is 35.2 Å². The van der Waals surface area contributed by atoms with Crippen LogP contribution in [-0.4, -0.2) is 85.6 Å². The molecule has 0 spiro atoms. The van der Waals surface area contributed by atoms with Gasteiger partial charge in [0, 0.05) is 18.3 Å². The van der Waals surface area contributed by atoms with Crippen molar-refractivity contribution < 1.29 is 37.0 Å². The number of nitrogens with zero attached hydrogens (tertiary/aromatic N) is 5. The van der Waals surface area contributed by atoms with Gasteiger partial charge in [-0.05, 0) is 19.1 Å². The Balaban J connectivity index is 1.60. The molecule has 0 aliphatic carbocycles. The number of fused-ring (bicyclic) bond motifs is 1. The molecule has 0 radical (unpaired) electrons. The van der Waals surface area contributed by atoms with Crippen molar-refractivity contribution in [3.8, 4) is 17.1 Å². The lowest BCUT2D eigenvalue weighted by Gasteiger charge is -2.29. The van der Waals surface area contributed by atoms with Crippen molar-refractivity contribution in [2.75, 3.05) is 25.9 Å². The Morgan fingerprint density at radius 3 is 2.62 bits per heavy atom. The number of nitrogens with two attached hydrogens (primary N) is 1. The second-order valence-corrected chi connectivity index (χ2v) is 8.85. The Kier molecular flexibility index (Phi) is 6.62. The van der Waals surface area contributed by atoms with E-state index in [4.69, 9.17) is 22.1 Å². The van der Waals surface area contributed by atoms with Gasteiger partial charge >= 0.3 is 6.18 Å². The number of aliphatic hydroxyl groups is 1. The minimum Gasteiger partial charge on any atom is -0.480 e. The van der Waals surface area contributed by atoms with Crippen LogP contribution in [0.4, 0.5) is 23.4 Å². The summed E-state index contributed by atoms with van der Waals surface area (Å²) in [5.41, 5.74) is 3.10. The van der Waals surface area contributed by atoms with Gasteiger partial charge in [-0.3, -0.25) is 9.59 Å². The molecule has 1 fully saturated rings. The summed E-state index contributed by atoms with van der Waals surface area (Å²) >= 11 is 6.26. The molecule has 0 bridgehead atoms. The maximum Gasteiger partial charge on any atom is 0.426 e. The van der Waals surface area contributed by atoms with E-state index in [1.54, 1.807) is 0 Å². The number of aromatic nitrogens is 4. The van der Waals surface area contributed by atoms with Gasteiger partial charge in [-0.15, -0.1) is 0 Å². The summed E-state index contributed by atoms with van der Waals surface area (Å²) in [5, 5.41) is 16.3. The third-order valence-corrected chi connectivity index (χ3v) is 6.23. The average Bonchev–Trinajstić information content (AvgIpc) is 3.37. The minimum atomic E-state index is -5.27. The third kappa shape index (κ3) is 4.59. The number of anilines is 1. The lowest BCUT2D eigenvalue weighted by Crippen LogP contribution is -2.56. The summed E-state index contributed by atoms with van der Waals surface area (Å²) in [4.78, 5) is 33.8. The second kappa shape index (κ2) is 9.30. The number of carbonyl (C=O) groups is 2. The molecule has 16 heteroatoms. The van der Waals surface area contributed by atoms with Crippen LogP contribution in [0.25, 0.3) is 16.8 Å². The van der Waals surface area contributed by atoms with Crippen LogP contribution < -0.4 is 15.8 Å². The Labute approximate surface area is 211 Å². The van der Waals surface area contributed by atoms with Crippen LogP contribution in [0, 0.1) is 0 Å². The molecule has 4 rings (SSSR count). The Hall–Kier alpha value is -3.72. The summed E-state index contributed by atoms with van der Waals surface area (Å²) in [6.45, 7) is -1.06. The highest BCUT2D eigenvalue weighted by Gasteiger charge is 2.58. The van der Waals surface area contributed by atoms with Crippen LogP contribution in [0.15, 0.2) is 24.7 Å². The lowest BCUT2D eigenvalue weighted by atomic mass is 10.1. The van der Waals surface area contributed by atoms with Gasteiger partial charge in [-0.2, -0.15) is 18.3 Å². The molecule has 1 saturated heterocycles. The summed E-state index contributed by atoms with van der Waals surface area (Å²) in [6.07, 6.45) is -4.58. The predicted octanol–water partition coefficient (Wildman–Crippen LogP) is 1.63. The van der Waals surface area contributed by atoms with Crippen LogP contribution in [0.3, 0.4) is 0 Å². The van der Waals surface area contributed by atoms with E-state index in [0.29, 0.717) is 21.7 Å². The molecule has 4 heterocycles. The molecular formula is C21H20ClF4N7O4. The van der Waals surface area contributed by atoms with Crippen LogP contribution in [0.1, 0.15) is 17.3 Å². The molecule has 3 aromatic rings. The molecule has 0 aromatic carbocycles. The molecule has 198 valence electrons. The zero-order valence-corrected chi connectivity index (χ0v) is 20.0. The monoisotopic (exact) mass is 545 g/mol. The van der Waals surface area contributed by atoms with Gasteiger partial charge in [-0.1, -0.05) is 11.6 Å². The topological polar surface area (TPSA) is 148 Å². The number of hydrogen-bond donors (Lipinski definition) is 3. The molecule has 2 amide bonds. The normalized spacial score (nSPS) is 19.6. The predicted molar refractivity (Wildman–Crippen MR) is 122 cm³/mol. The number of hydrogen-bond acceptors (Lipinski definition) is 8. The summed E-state index contributed by atoms with van der Waals surface area (Å²) in [5.74, 6) is -2.59. The van der Waals surface area contributed by atoms with Gasteiger partial charge < -0.3 is 25.8 Å². The molecule has 4 N–H and O–H groups in total. The summed E-state index contributed by atoms with van der Waals surface area (Å²) in [6, 6.07) is 1.54. The number of ether oxygens (including phenoxy) is 1. The Morgan fingerprint density at radius 1 is 1.27 bits per heavy atom. The second-order valence-electron chi connectivity index (χ2n) is 8.44. The van der Waals surface area contributed by atoms with E-state index < -0.39 is 48.9 Å². The van der Waals surface area contributed by atoms with E-state index in [1.165, 1.54) is 36.3 Å². The van der Waals surface area contributed by atoms with Gasteiger partial charge in [0.1, 0.15) is 23.6 Å². The standard InChI is InChI=1S/C21H20ClF4N7O4/c1-20(36,21(24,25)26)19(35)32-6-12(23)13(7-32)31-17(34)10-3-9(5-28-18(10)37-2)14-4-11(22)15-16(27)29-8-30-33(14)15/h3-5,8,12-13,36H,6-7H2,1-2H3,(H,31,34)(H2,27,29,30)/t12-,13+,20?/m0/s1. The smallest absolute Gasteiger partial charge is 0.426 e. The van der Waals surface area contributed by atoms with E-state index in [1.807, 2.05) is 0 Å². The highest BCUT2D eigenvalue weighted by Crippen LogP contribution is 2.34. The number of carbonyl (C=O) groups excluding carboxylic acids is 2. The van der Waals surface area contributed by atoms with Crippen molar-refractivity contribution in [2.45, 2.75) is 30.9 Å². The fraction of sp³-hybridized carbons (Fsp3) is 0.381. The van der Waals surface area contributed by atoms with Crippen molar-refractivity contribution in [1.82, 2.24) is 29.8 Å². The van der Waals surface area contributed by atoms with Crippen LogP contribution >= 0.6 is 11.6 Å². The highest BCUT2D eigenvalue weighted by molar-refractivity contribution is 6.35. The molecule has 3 aromatic heterocycles. The third-order valence-electron chi connectivity index (χ3n) is 5.94. The van der Waals surface area contributed by atoms with E-state index in [2.05, 4.69) is 20.4 Å². The van der Waals surface area contributed by atoms with E-state index >= 15 is 0 Å². The number of methoxy groups -OCH3 is 1. The Bertz CT molecular complexity index is 1380.